The topological polar surface area (TPSA) is 81.7 Å². The van der Waals surface area contributed by atoms with Crippen molar-refractivity contribution in [3.8, 4) is 11.5 Å². The third-order valence-corrected chi connectivity index (χ3v) is 4.11. The zero-order valence-corrected chi connectivity index (χ0v) is 16.5. The van der Waals surface area contributed by atoms with E-state index in [1.807, 2.05) is 20.8 Å². The van der Waals surface area contributed by atoms with Gasteiger partial charge in [0, 0.05) is 11.1 Å². The molecule has 0 aliphatic carbocycles. The van der Waals surface area contributed by atoms with Gasteiger partial charge in [0.1, 0.15) is 17.5 Å². The van der Waals surface area contributed by atoms with Gasteiger partial charge in [-0.25, -0.2) is 4.79 Å². The quantitative estimate of drug-likeness (QED) is 0.427. The largest absolute Gasteiger partial charge is 0.494 e. The number of nitrogens with one attached hydrogen (secondary N) is 1. The van der Waals surface area contributed by atoms with Crippen LogP contribution in [0, 0.1) is 5.92 Å². The fourth-order valence-electron chi connectivity index (χ4n) is 2.53. The molecule has 0 aliphatic heterocycles. The number of hydrogen-bond donors (Lipinski definition) is 1. The lowest BCUT2D eigenvalue weighted by Gasteiger charge is -2.21. The number of amides is 1. The first kappa shape index (κ1) is 21.2. The van der Waals surface area contributed by atoms with Gasteiger partial charge in [0.05, 0.1) is 6.61 Å². The molecule has 0 heterocycles. The van der Waals surface area contributed by atoms with E-state index in [-0.39, 0.29) is 17.6 Å². The van der Waals surface area contributed by atoms with Crippen molar-refractivity contribution in [2.75, 3.05) is 6.61 Å². The maximum Gasteiger partial charge on any atom is 0.334 e. The van der Waals surface area contributed by atoms with Gasteiger partial charge < -0.3 is 14.8 Å². The summed E-state index contributed by atoms with van der Waals surface area (Å²) in [6, 6.07) is 12.2. The Bertz CT molecular complexity index is 825. The molecule has 0 saturated carbocycles. The van der Waals surface area contributed by atoms with Crippen LogP contribution in [0.5, 0.6) is 11.5 Å². The predicted octanol–water partition coefficient (Wildman–Crippen LogP) is 3.65. The van der Waals surface area contributed by atoms with Gasteiger partial charge in [-0.15, -0.1) is 0 Å². The summed E-state index contributed by atoms with van der Waals surface area (Å²) in [4.78, 5) is 36.4. The highest BCUT2D eigenvalue weighted by Gasteiger charge is 2.26. The molecule has 2 aromatic rings. The van der Waals surface area contributed by atoms with Crippen LogP contribution in [0.1, 0.15) is 48.4 Å². The Morgan fingerprint density at radius 2 is 1.43 bits per heavy atom. The highest BCUT2D eigenvalue weighted by atomic mass is 16.5. The number of ketones is 1. The molecule has 0 spiro atoms. The van der Waals surface area contributed by atoms with E-state index in [1.54, 1.807) is 48.5 Å². The molecule has 0 bridgehead atoms. The van der Waals surface area contributed by atoms with Crippen molar-refractivity contribution in [3.05, 3.63) is 59.7 Å². The standard InChI is InChI=1S/C22H25NO5/c1-5-27-18-10-8-17(9-11-18)21(25)23-20(14(2)3)22(26)28-19-12-6-16(7-13-19)15(4)24/h6-14,20H,5H2,1-4H3,(H,23,25). The zero-order chi connectivity index (χ0) is 20.7. The van der Waals surface area contributed by atoms with E-state index in [9.17, 15) is 14.4 Å². The lowest BCUT2D eigenvalue weighted by atomic mass is 10.0. The Hall–Kier alpha value is -3.15. The first-order chi connectivity index (χ1) is 13.3. The van der Waals surface area contributed by atoms with Crippen LogP contribution < -0.4 is 14.8 Å². The lowest BCUT2D eigenvalue weighted by molar-refractivity contribution is -0.137. The second kappa shape index (κ2) is 9.69. The number of benzene rings is 2. The van der Waals surface area contributed by atoms with Crippen LogP contribution in [0.15, 0.2) is 48.5 Å². The molecule has 28 heavy (non-hydrogen) atoms. The van der Waals surface area contributed by atoms with Crippen LogP contribution in [0.2, 0.25) is 0 Å². The normalized spacial score (nSPS) is 11.6. The van der Waals surface area contributed by atoms with Gasteiger partial charge in [-0.2, -0.15) is 0 Å². The highest BCUT2D eigenvalue weighted by Crippen LogP contribution is 2.16. The number of esters is 1. The van der Waals surface area contributed by atoms with Crippen molar-refractivity contribution >= 4 is 17.7 Å². The van der Waals surface area contributed by atoms with Gasteiger partial charge in [-0.05, 0) is 68.3 Å². The Balaban J connectivity index is 2.05. The molecule has 1 unspecified atom stereocenters. The molecular formula is C22H25NO5. The fraction of sp³-hybridized carbons (Fsp3) is 0.318. The smallest absolute Gasteiger partial charge is 0.334 e. The van der Waals surface area contributed by atoms with Gasteiger partial charge in [-0.3, -0.25) is 9.59 Å². The van der Waals surface area contributed by atoms with Crippen LogP contribution in [0.3, 0.4) is 0 Å². The molecule has 148 valence electrons. The maximum absolute atomic E-state index is 12.6. The molecule has 0 aliphatic rings. The van der Waals surface area contributed by atoms with E-state index >= 15 is 0 Å². The number of carbonyl (C=O) groups is 3. The van der Waals surface area contributed by atoms with Crippen LogP contribution >= 0.6 is 0 Å². The van der Waals surface area contributed by atoms with E-state index in [0.717, 1.165) is 0 Å². The Morgan fingerprint density at radius 1 is 0.893 bits per heavy atom. The van der Waals surface area contributed by atoms with Crippen LogP contribution in [0.4, 0.5) is 0 Å². The van der Waals surface area contributed by atoms with Gasteiger partial charge in [0.25, 0.3) is 5.91 Å². The summed E-state index contributed by atoms with van der Waals surface area (Å²) in [6.07, 6.45) is 0. The van der Waals surface area contributed by atoms with Crippen molar-refractivity contribution in [1.82, 2.24) is 5.32 Å². The lowest BCUT2D eigenvalue weighted by Crippen LogP contribution is -2.46. The molecular weight excluding hydrogens is 358 g/mol. The monoisotopic (exact) mass is 383 g/mol. The summed E-state index contributed by atoms with van der Waals surface area (Å²) in [6.45, 7) is 7.53. The molecule has 1 atom stereocenters. The molecule has 6 heteroatoms. The Labute approximate surface area is 164 Å². The minimum absolute atomic E-state index is 0.0689. The third kappa shape index (κ3) is 5.67. The summed E-state index contributed by atoms with van der Waals surface area (Å²) in [5.74, 6) is -0.185. The van der Waals surface area contributed by atoms with Crippen molar-refractivity contribution in [1.29, 1.82) is 0 Å². The van der Waals surface area contributed by atoms with E-state index in [1.165, 1.54) is 6.92 Å². The first-order valence-corrected chi connectivity index (χ1v) is 9.18. The van der Waals surface area contributed by atoms with Gasteiger partial charge >= 0.3 is 5.97 Å². The van der Waals surface area contributed by atoms with Crippen LogP contribution in [0.25, 0.3) is 0 Å². The molecule has 0 radical (unpaired) electrons. The summed E-state index contributed by atoms with van der Waals surface area (Å²) < 4.78 is 10.7. The van der Waals surface area contributed by atoms with Gasteiger partial charge in [-0.1, -0.05) is 13.8 Å². The van der Waals surface area contributed by atoms with Crippen molar-refractivity contribution in [2.24, 2.45) is 5.92 Å². The molecule has 0 fully saturated rings. The number of ether oxygens (including phenoxy) is 2. The first-order valence-electron chi connectivity index (χ1n) is 9.18. The van der Waals surface area contributed by atoms with E-state index in [0.29, 0.717) is 29.2 Å². The minimum Gasteiger partial charge on any atom is -0.494 e. The van der Waals surface area contributed by atoms with Crippen LogP contribution in [-0.4, -0.2) is 30.3 Å². The van der Waals surface area contributed by atoms with Crippen molar-refractivity contribution in [2.45, 2.75) is 33.7 Å². The maximum atomic E-state index is 12.6. The summed E-state index contributed by atoms with van der Waals surface area (Å²) in [5.41, 5.74) is 0.955. The number of hydrogen-bond acceptors (Lipinski definition) is 5. The summed E-state index contributed by atoms with van der Waals surface area (Å²) >= 11 is 0. The second-order valence-electron chi connectivity index (χ2n) is 6.65. The molecule has 1 N–H and O–H groups in total. The van der Waals surface area contributed by atoms with Crippen LogP contribution in [-0.2, 0) is 4.79 Å². The summed E-state index contributed by atoms with van der Waals surface area (Å²) in [7, 11) is 0. The van der Waals surface area contributed by atoms with E-state index < -0.39 is 12.0 Å². The zero-order valence-electron chi connectivity index (χ0n) is 16.5. The van der Waals surface area contributed by atoms with E-state index in [4.69, 9.17) is 9.47 Å². The molecule has 2 rings (SSSR count). The number of carbonyl (C=O) groups excluding carboxylic acids is 3. The Morgan fingerprint density at radius 3 is 1.93 bits per heavy atom. The number of Topliss-reactive ketones (excluding diaryl/α,β-unsaturated/α-hetero) is 1. The molecule has 6 nitrogen and oxygen atoms in total. The van der Waals surface area contributed by atoms with Crippen molar-refractivity contribution in [3.63, 3.8) is 0 Å². The average Bonchev–Trinajstić information content (AvgIpc) is 2.66. The second-order valence-corrected chi connectivity index (χ2v) is 6.65. The van der Waals surface area contributed by atoms with Gasteiger partial charge in [0.15, 0.2) is 5.78 Å². The van der Waals surface area contributed by atoms with E-state index in [2.05, 4.69) is 5.32 Å². The molecule has 0 aromatic heterocycles. The molecule has 2 aromatic carbocycles. The average molecular weight is 383 g/mol. The predicted molar refractivity (Wildman–Crippen MR) is 106 cm³/mol. The van der Waals surface area contributed by atoms with Crippen molar-refractivity contribution < 1.29 is 23.9 Å². The van der Waals surface area contributed by atoms with Gasteiger partial charge in [0.2, 0.25) is 0 Å². The Kier molecular flexibility index (Phi) is 7.32. The number of rotatable bonds is 8. The minimum atomic E-state index is -0.813. The SMILES string of the molecule is CCOc1ccc(C(=O)NC(C(=O)Oc2ccc(C(C)=O)cc2)C(C)C)cc1. The third-order valence-electron chi connectivity index (χ3n) is 4.11. The molecule has 1 amide bonds. The fourth-order valence-corrected chi connectivity index (χ4v) is 2.53. The summed E-state index contributed by atoms with van der Waals surface area (Å²) in [5, 5.41) is 2.73. The molecule has 0 saturated heterocycles. The highest BCUT2D eigenvalue weighted by molar-refractivity contribution is 5.97.